The van der Waals surface area contributed by atoms with Crippen molar-refractivity contribution in [3.63, 3.8) is 0 Å². The first-order chi connectivity index (χ1) is 14.7. The summed E-state index contributed by atoms with van der Waals surface area (Å²) in [5.41, 5.74) is 3.07. The van der Waals surface area contributed by atoms with E-state index in [1.165, 1.54) is 6.33 Å². The van der Waals surface area contributed by atoms with Gasteiger partial charge in [0, 0.05) is 22.7 Å². The summed E-state index contributed by atoms with van der Waals surface area (Å²) in [4.78, 5) is 3.93. The Morgan fingerprint density at radius 1 is 1.03 bits per heavy atom. The number of aromatic hydroxyl groups is 1. The van der Waals surface area contributed by atoms with Crippen LogP contribution in [0, 0.1) is 0 Å². The number of halogens is 1. The monoisotopic (exact) mass is 455 g/mol. The maximum Gasteiger partial charge on any atom is 0.201 e. The van der Waals surface area contributed by atoms with E-state index >= 15 is 0 Å². The van der Waals surface area contributed by atoms with Gasteiger partial charge in [-0.2, -0.15) is 5.10 Å². The molecule has 5 rings (SSSR count). The van der Waals surface area contributed by atoms with Crippen LogP contribution in [0.25, 0.3) is 28.1 Å². The molecule has 1 aliphatic heterocycles. The van der Waals surface area contributed by atoms with Gasteiger partial charge in [-0.05, 0) is 58.7 Å². The Bertz CT molecular complexity index is 1230. The Morgan fingerprint density at radius 3 is 2.44 bits per heavy atom. The van der Waals surface area contributed by atoms with Gasteiger partial charge in [0.15, 0.2) is 0 Å². The Hall–Kier alpha value is -3.11. The van der Waals surface area contributed by atoms with Gasteiger partial charge in [0.25, 0.3) is 0 Å². The molecule has 0 spiro atoms. The minimum absolute atomic E-state index is 0. The summed E-state index contributed by atoms with van der Waals surface area (Å²) in [6.07, 6.45) is 4.85. The van der Waals surface area contributed by atoms with Crippen LogP contribution in [0.15, 0.2) is 36.9 Å². The van der Waals surface area contributed by atoms with Crippen LogP contribution in [0.3, 0.4) is 0 Å². The second-order valence-electron chi connectivity index (χ2n) is 9.47. The van der Waals surface area contributed by atoms with Crippen molar-refractivity contribution in [3.8, 4) is 22.7 Å². The fourth-order valence-corrected chi connectivity index (χ4v) is 4.79. The van der Waals surface area contributed by atoms with E-state index in [-0.39, 0.29) is 35.3 Å². The van der Waals surface area contributed by atoms with Crippen molar-refractivity contribution in [2.24, 2.45) is 0 Å². The first-order valence-corrected chi connectivity index (χ1v) is 10.3. The third-order valence-electron chi connectivity index (χ3n) is 5.68. The molecule has 10 nitrogen and oxygen atoms in total. The molecule has 1 fully saturated rings. The number of hydrogen-bond donors (Lipinski definition) is 2. The number of nitrogens with zero attached hydrogens (tertiary/aromatic N) is 8. The van der Waals surface area contributed by atoms with E-state index in [1.54, 1.807) is 23.1 Å². The second-order valence-corrected chi connectivity index (χ2v) is 9.47. The number of benzene rings is 1. The van der Waals surface area contributed by atoms with Gasteiger partial charge in [-0.1, -0.05) is 5.21 Å². The van der Waals surface area contributed by atoms with Gasteiger partial charge in [-0.3, -0.25) is 0 Å². The van der Waals surface area contributed by atoms with Crippen molar-refractivity contribution in [2.45, 2.75) is 57.7 Å². The number of phenolic OH excluding ortho intramolecular Hbond substituents is 1. The molecule has 1 saturated heterocycles. The third-order valence-corrected chi connectivity index (χ3v) is 5.68. The second kappa shape index (κ2) is 7.79. The molecule has 11 heteroatoms. The van der Waals surface area contributed by atoms with Crippen LogP contribution in [0.1, 0.15) is 46.6 Å². The van der Waals surface area contributed by atoms with Crippen LogP contribution in [0.5, 0.6) is 5.75 Å². The Kier molecular flexibility index (Phi) is 5.38. The molecule has 4 heterocycles. The van der Waals surface area contributed by atoms with Crippen LogP contribution in [0.4, 0.5) is 0 Å². The van der Waals surface area contributed by atoms with E-state index in [0.717, 1.165) is 12.8 Å². The zero-order valence-corrected chi connectivity index (χ0v) is 19.2. The van der Waals surface area contributed by atoms with Gasteiger partial charge in [0.05, 0.1) is 17.4 Å². The molecule has 168 valence electrons. The third kappa shape index (κ3) is 4.03. The van der Waals surface area contributed by atoms with E-state index in [4.69, 9.17) is 0 Å². The Balaban J connectivity index is 0.00000245. The molecule has 0 aliphatic carbocycles. The molecule has 0 bridgehead atoms. The predicted molar refractivity (Wildman–Crippen MR) is 122 cm³/mol. The topological polar surface area (TPSA) is 119 Å². The van der Waals surface area contributed by atoms with Crippen LogP contribution in [-0.2, 0) is 0 Å². The summed E-state index contributed by atoms with van der Waals surface area (Å²) in [6.45, 7) is 8.82. The molecular formula is C21H26ClN9O. The smallest absolute Gasteiger partial charge is 0.201 e. The summed E-state index contributed by atoms with van der Waals surface area (Å²) in [5, 5.41) is 35.9. The van der Waals surface area contributed by atoms with E-state index in [0.29, 0.717) is 28.1 Å². The van der Waals surface area contributed by atoms with Gasteiger partial charge in [-0.15, -0.1) is 27.7 Å². The number of rotatable bonds is 3. The lowest BCUT2D eigenvalue weighted by Gasteiger charge is -2.46. The van der Waals surface area contributed by atoms with E-state index in [2.05, 4.69) is 63.6 Å². The lowest BCUT2D eigenvalue weighted by atomic mass is 9.80. The summed E-state index contributed by atoms with van der Waals surface area (Å²) in [6, 6.07) is 7.22. The standard InChI is InChI=1S/C21H25N9O.ClH/c1-20(2)9-14(10-21(3,4)27-20)30-19-17(25-28-30)8-16(24-26-19)15-6-5-13(7-18(15)31)29-12-22-11-23-29;/h5-8,11-12,14,27,31H,9-10H2,1-4H3;1H. The zero-order valence-electron chi connectivity index (χ0n) is 18.4. The molecule has 4 aromatic rings. The van der Waals surface area contributed by atoms with Crippen molar-refractivity contribution in [1.82, 2.24) is 45.3 Å². The van der Waals surface area contributed by atoms with Crippen LogP contribution in [-0.4, -0.2) is 56.1 Å². The molecular weight excluding hydrogens is 430 g/mol. The van der Waals surface area contributed by atoms with Gasteiger partial charge in [0.2, 0.25) is 5.65 Å². The number of piperidine rings is 1. The highest BCUT2D eigenvalue weighted by molar-refractivity contribution is 5.85. The fourth-order valence-electron chi connectivity index (χ4n) is 4.79. The molecule has 1 aromatic carbocycles. The Labute approximate surface area is 191 Å². The fraction of sp³-hybridized carbons (Fsp3) is 0.429. The van der Waals surface area contributed by atoms with Crippen molar-refractivity contribution in [3.05, 3.63) is 36.9 Å². The summed E-state index contributed by atoms with van der Waals surface area (Å²) < 4.78 is 3.47. The maximum atomic E-state index is 10.6. The quantitative estimate of drug-likeness (QED) is 0.483. The first kappa shape index (κ1) is 22.1. The SMILES string of the molecule is CC1(C)CC(n2nnc3cc(-c4ccc(-n5cncn5)cc4O)nnc32)CC(C)(C)N1.Cl. The molecule has 0 unspecified atom stereocenters. The Morgan fingerprint density at radius 2 is 1.78 bits per heavy atom. The van der Waals surface area contributed by atoms with E-state index in [9.17, 15) is 5.11 Å². The average Bonchev–Trinajstić information content (AvgIpc) is 3.35. The summed E-state index contributed by atoms with van der Waals surface area (Å²) in [5.74, 6) is 0.0795. The lowest BCUT2D eigenvalue weighted by Crippen LogP contribution is -2.58. The van der Waals surface area contributed by atoms with Crippen molar-refractivity contribution >= 4 is 23.6 Å². The van der Waals surface area contributed by atoms with Crippen molar-refractivity contribution < 1.29 is 5.11 Å². The molecule has 0 amide bonds. The zero-order chi connectivity index (χ0) is 21.8. The lowest BCUT2D eigenvalue weighted by molar-refractivity contribution is 0.127. The number of hydrogen-bond acceptors (Lipinski definition) is 8. The van der Waals surface area contributed by atoms with Crippen LogP contribution < -0.4 is 5.32 Å². The summed E-state index contributed by atoms with van der Waals surface area (Å²) in [7, 11) is 0. The predicted octanol–water partition coefficient (Wildman–Crippen LogP) is 3.08. The van der Waals surface area contributed by atoms with Gasteiger partial charge >= 0.3 is 0 Å². The van der Waals surface area contributed by atoms with Crippen LogP contribution in [0.2, 0.25) is 0 Å². The van der Waals surface area contributed by atoms with Crippen LogP contribution >= 0.6 is 12.4 Å². The highest BCUT2D eigenvalue weighted by Crippen LogP contribution is 2.37. The van der Waals surface area contributed by atoms with E-state index < -0.39 is 0 Å². The highest BCUT2D eigenvalue weighted by atomic mass is 35.5. The minimum atomic E-state index is -0.0182. The largest absolute Gasteiger partial charge is 0.507 e. The molecule has 0 saturated carbocycles. The number of aromatic nitrogens is 8. The molecule has 0 atom stereocenters. The first-order valence-electron chi connectivity index (χ1n) is 10.3. The summed E-state index contributed by atoms with van der Waals surface area (Å²) >= 11 is 0. The normalized spacial score (nSPS) is 17.9. The van der Waals surface area contributed by atoms with Crippen molar-refractivity contribution in [2.75, 3.05) is 0 Å². The molecule has 3 aromatic heterocycles. The van der Waals surface area contributed by atoms with E-state index in [1.807, 2.05) is 16.8 Å². The molecule has 32 heavy (non-hydrogen) atoms. The maximum absolute atomic E-state index is 10.6. The average molecular weight is 456 g/mol. The number of nitrogens with one attached hydrogen (secondary N) is 1. The number of phenols is 1. The molecule has 2 N–H and O–H groups in total. The highest BCUT2D eigenvalue weighted by Gasteiger charge is 2.39. The molecule has 1 aliphatic rings. The van der Waals surface area contributed by atoms with Crippen molar-refractivity contribution in [1.29, 1.82) is 0 Å². The number of fused-ring (bicyclic) bond motifs is 1. The molecule has 0 radical (unpaired) electrons. The van der Waals surface area contributed by atoms with Gasteiger partial charge in [-0.25, -0.2) is 14.3 Å². The minimum Gasteiger partial charge on any atom is -0.507 e. The van der Waals surface area contributed by atoms with Gasteiger partial charge < -0.3 is 10.4 Å². The van der Waals surface area contributed by atoms with Gasteiger partial charge in [0.1, 0.15) is 23.9 Å².